The Morgan fingerprint density at radius 3 is 1.21 bits per heavy atom. The van der Waals surface area contributed by atoms with Crippen molar-refractivity contribution in [2.24, 2.45) is 0 Å². The number of benzene rings is 4. The van der Waals surface area contributed by atoms with Crippen molar-refractivity contribution in [3.63, 3.8) is 0 Å². The predicted molar refractivity (Wildman–Crippen MR) is 198 cm³/mol. The summed E-state index contributed by atoms with van der Waals surface area (Å²) in [7, 11) is 3.43. The van der Waals surface area contributed by atoms with Crippen LogP contribution in [0.4, 0.5) is 0 Å². The summed E-state index contributed by atoms with van der Waals surface area (Å²) in [5, 5.41) is 10.9. The molecule has 4 aromatic rings. The zero-order valence-electron chi connectivity index (χ0n) is 31.7. The first-order valence-electron chi connectivity index (χ1n) is 16.9. The van der Waals surface area contributed by atoms with Gasteiger partial charge in [-0.25, -0.2) is 0 Å². The molecule has 4 aromatic carbocycles. The molecule has 0 saturated carbocycles. The highest BCUT2D eigenvalue weighted by Crippen LogP contribution is 2.41. The fourth-order valence-corrected chi connectivity index (χ4v) is 7.90. The Hall–Kier alpha value is -3.96. The standard InChI is InChI=1S/C43H56O5/c1-25-19-36(45-13)20-26(2)38(25)43(11,12)34-17-31(7)41(32(8)18-34)48-24-35(44)23-47-37-21-27(3)39(28(4)22-37)42(9,10)33-15-29(5)40(46-14)30(6)16-33/h15-22,35,44H,23-24H2,1-14H3. The number of hydrogen-bond acceptors (Lipinski definition) is 5. The molecule has 0 spiro atoms. The largest absolute Gasteiger partial charge is 0.497 e. The molecule has 0 aromatic heterocycles. The van der Waals surface area contributed by atoms with Crippen molar-refractivity contribution in [1.82, 2.24) is 0 Å². The Labute approximate surface area is 289 Å². The number of rotatable bonds is 12. The van der Waals surface area contributed by atoms with E-state index in [0.29, 0.717) is 0 Å². The number of aliphatic hydroxyl groups is 1. The molecule has 0 aliphatic carbocycles. The Morgan fingerprint density at radius 2 is 0.833 bits per heavy atom. The van der Waals surface area contributed by atoms with Gasteiger partial charge in [0.05, 0.1) is 14.2 Å². The number of ether oxygens (including phenoxy) is 4. The fraction of sp³-hybridized carbons (Fsp3) is 0.442. The van der Waals surface area contributed by atoms with E-state index in [4.69, 9.17) is 18.9 Å². The molecule has 1 unspecified atom stereocenters. The van der Waals surface area contributed by atoms with Crippen LogP contribution in [0, 0.1) is 55.4 Å². The van der Waals surface area contributed by atoms with Crippen molar-refractivity contribution in [3.05, 3.63) is 115 Å². The van der Waals surface area contributed by atoms with Gasteiger partial charge in [-0.15, -0.1) is 0 Å². The monoisotopic (exact) mass is 652 g/mol. The Morgan fingerprint density at radius 1 is 0.479 bits per heavy atom. The Kier molecular flexibility index (Phi) is 11.0. The second kappa shape index (κ2) is 14.3. The van der Waals surface area contributed by atoms with Crippen LogP contribution in [0.25, 0.3) is 0 Å². The molecule has 4 rings (SSSR count). The first-order valence-corrected chi connectivity index (χ1v) is 16.9. The third kappa shape index (κ3) is 7.37. The summed E-state index contributed by atoms with van der Waals surface area (Å²) in [5.74, 6) is 3.37. The average Bonchev–Trinajstić information content (AvgIpc) is 2.98. The third-order valence-electron chi connectivity index (χ3n) is 9.93. The van der Waals surface area contributed by atoms with Crippen molar-refractivity contribution in [2.45, 2.75) is 100 Å². The molecule has 258 valence electrons. The molecule has 1 atom stereocenters. The van der Waals surface area contributed by atoms with Gasteiger partial charge < -0.3 is 24.1 Å². The van der Waals surface area contributed by atoms with Crippen LogP contribution in [-0.2, 0) is 10.8 Å². The van der Waals surface area contributed by atoms with Crippen molar-refractivity contribution in [2.75, 3.05) is 27.4 Å². The fourth-order valence-electron chi connectivity index (χ4n) is 7.90. The lowest BCUT2D eigenvalue weighted by Crippen LogP contribution is -2.26. The molecule has 1 N–H and O–H groups in total. The molecule has 0 aliphatic heterocycles. The van der Waals surface area contributed by atoms with Crippen LogP contribution < -0.4 is 18.9 Å². The summed E-state index contributed by atoms with van der Waals surface area (Å²) in [4.78, 5) is 0. The molecule has 5 nitrogen and oxygen atoms in total. The summed E-state index contributed by atoms with van der Waals surface area (Å²) >= 11 is 0. The summed E-state index contributed by atoms with van der Waals surface area (Å²) in [6, 6.07) is 17.2. The van der Waals surface area contributed by atoms with Gasteiger partial charge in [-0.05, 0) is 146 Å². The maximum atomic E-state index is 10.9. The van der Waals surface area contributed by atoms with Crippen LogP contribution in [0.3, 0.4) is 0 Å². The number of aryl methyl sites for hydroxylation is 8. The maximum absolute atomic E-state index is 10.9. The minimum atomic E-state index is -0.786. The van der Waals surface area contributed by atoms with Gasteiger partial charge >= 0.3 is 0 Å². The van der Waals surface area contributed by atoms with Gasteiger partial charge in [0.25, 0.3) is 0 Å². The smallest absolute Gasteiger partial charge is 0.125 e. The molecule has 0 bridgehead atoms. The van der Waals surface area contributed by atoms with Crippen molar-refractivity contribution >= 4 is 0 Å². The van der Waals surface area contributed by atoms with Crippen LogP contribution in [-0.4, -0.2) is 38.6 Å². The van der Waals surface area contributed by atoms with Gasteiger partial charge in [0.1, 0.15) is 42.3 Å². The van der Waals surface area contributed by atoms with E-state index >= 15 is 0 Å². The highest BCUT2D eigenvalue weighted by atomic mass is 16.5. The molecular formula is C43H56O5. The topological polar surface area (TPSA) is 57.2 Å². The summed E-state index contributed by atoms with van der Waals surface area (Å²) in [5.41, 5.74) is 13.7. The molecule has 0 heterocycles. The van der Waals surface area contributed by atoms with E-state index in [-0.39, 0.29) is 24.0 Å². The second-order valence-corrected chi connectivity index (χ2v) is 14.7. The molecule has 5 heteroatoms. The van der Waals surface area contributed by atoms with Gasteiger partial charge in [-0.1, -0.05) is 52.0 Å². The van der Waals surface area contributed by atoms with Crippen LogP contribution in [0.5, 0.6) is 23.0 Å². The molecule has 0 amide bonds. The summed E-state index contributed by atoms with van der Waals surface area (Å²) < 4.78 is 23.4. The summed E-state index contributed by atoms with van der Waals surface area (Å²) in [6.07, 6.45) is -0.786. The number of hydrogen-bond donors (Lipinski definition) is 1. The lowest BCUT2D eigenvalue weighted by molar-refractivity contribution is 0.0621. The van der Waals surface area contributed by atoms with Crippen molar-refractivity contribution < 1.29 is 24.1 Å². The van der Waals surface area contributed by atoms with Gasteiger partial charge in [0.15, 0.2) is 0 Å². The molecule has 0 aliphatic rings. The maximum Gasteiger partial charge on any atom is 0.125 e. The predicted octanol–water partition coefficient (Wildman–Crippen LogP) is 9.64. The number of aliphatic hydroxyl groups excluding tert-OH is 1. The Bertz CT molecular complexity index is 1700. The quantitative estimate of drug-likeness (QED) is 0.165. The third-order valence-corrected chi connectivity index (χ3v) is 9.93. The van der Waals surface area contributed by atoms with Gasteiger partial charge in [-0.2, -0.15) is 0 Å². The minimum Gasteiger partial charge on any atom is -0.497 e. The number of methoxy groups -OCH3 is 2. The molecule has 0 saturated heterocycles. The van der Waals surface area contributed by atoms with Crippen LogP contribution >= 0.6 is 0 Å². The van der Waals surface area contributed by atoms with Crippen molar-refractivity contribution in [3.8, 4) is 23.0 Å². The zero-order valence-corrected chi connectivity index (χ0v) is 31.7. The SMILES string of the molecule is COc1cc(C)c(C(C)(C)c2cc(C)c(OCC(O)COc3cc(C)c(C(C)(C)c4cc(C)c(OC)c(C)c4)c(C)c3)c(C)c2)c(C)c1. The van der Waals surface area contributed by atoms with Crippen molar-refractivity contribution in [1.29, 1.82) is 0 Å². The van der Waals surface area contributed by atoms with Gasteiger partial charge in [0.2, 0.25) is 0 Å². The van der Waals surface area contributed by atoms with E-state index in [1.165, 1.54) is 33.4 Å². The molecule has 0 fully saturated rings. The van der Waals surface area contributed by atoms with Gasteiger partial charge in [0, 0.05) is 10.8 Å². The first-order chi connectivity index (χ1) is 22.4. The first kappa shape index (κ1) is 36.9. The van der Waals surface area contributed by atoms with E-state index in [1.807, 2.05) is 0 Å². The molecule has 48 heavy (non-hydrogen) atoms. The van der Waals surface area contributed by atoms with E-state index in [1.54, 1.807) is 14.2 Å². The minimum absolute atomic E-state index is 0.137. The van der Waals surface area contributed by atoms with Gasteiger partial charge in [-0.3, -0.25) is 0 Å². The average molecular weight is 653 g/mol. The lowest BCUT2D eigenvalue weighted by atomic mass is 9.73. The van der Waals surface area contributed by atoms with Crippen LogP contribution in [0.1, 0.15) is 94.5 Å². The molecule has 0 radical (unpaired) electrons. The molecular weight excluding hydrogens is 596 g/mol. The zero-order chi connectivity index (χ0) is 35.7. The summed E-state index contributed by atoms with van der Waals surface area (Å²) in [6.45, 7) is 26.2. The highest BCUT2D eigenvalue weighted by Gasteiger charge is 2.30. The van der Waals surface area contributed by atoms with E-state index in [2.05, 4.69) is 132 Å². The Balaban J connectivity index is 1.45. The van der Waals surface area contributed by atoms with E-state index < -0.39 is 6.10 Å². The normalized spacial score (nSPS) is 12.6. The van der Waals surface area contributed by atoms with E-state index in [9.17, 15) is 5.11 Å². The lowest BCUT2D eigenvalue weighted by Gasteiger charge is -2.31. The van der Waals surface area contributed by atoms with Crippen LogP contribution in [0.15, 0.2) is 48.5 Å². The van der Waals surface area contributed by atoms with E-state index in [0.717, 1.165) is 56.4 Å². The second-order valence-electron chi connectivity index (χ2n) is 14.7. The van der Waals surface area contributed by atoms with Crippen LogP contribution in [0.2, 0.25) is 0 Å². The highest BCUT2D eigenvalue weighted by molar-refractivity contribution is 5.55.